The first-order chi connectivity index (χ1) is 14.2. The lowest BCUT2D eigenvalue weighted by Gasteiger charge is -2.13. The van der Waals surface area contributed by atoms with Crippen LogP contribution in [0.5, 0.6) is 5.75 Å². The average molecular weight is 470 g/mol. The molecule has 0 fully saturated rings. The number of rotatable bonds is 8. The molecule has 0 bridgehead atoms. The lowest BCUT2D eigenvalue weighted by molar-refractivity contribution is 0.302. The molecule has 0 aliphatic carbocycles. The van der Waals surface area contributed by atoms with Crippen molar-refractivity contribution in [3.8, 4) is 5.75 Å². The maximum absolute atomic E-state index is 6.07. The van der Waals surface area contributed by atoms with E-state index in [1.807, 2.05) is 36.4 Å². The second-order valence-corrected chi connectivity index (χ2v) is 8.31. The quantitative estimate of drug-likeness (QED) is 0.289. The Morgan fingerprint density at radius 2 is 1.86 bits per heavy atom. The van der Waals surface area contributed by atoms with Gasteiger partial charge in [0.2, 0.25) is 0 Å². The van der Waals surface area contributed by atoms with Crippen molar-refractivity contribution < 1.29 is 4.74 Å². The van der Waals surface area contributed by atoms with E-state index in [4.69, 9.17) is 16.3 Å². The van der Waals surface area contributed by atoms with Gasteiger partial charge in [-0.2, -0.15) is 0 Å². The van der Waals surface area contributed by atoms with E-state index >= 15 is 0 Å². The molecule has 0 saturated carbocycles. The highest BCUT2D eigenvalue weighted by molar-refractivity contribution is 9.10. The van der Waals surface area contributed by atoms with E-state index in [9.17, 15) is 0 Å². The number of halogens is 2. The SMILES string of the molecule is Clc1cccc(COc2ccc(Br)cc2CNCCc2c[nH]c3ccccc23)c1. The van der Waals surface area contributed by atoms with Crippen LogP contribution >= 0.6 is 27.5 Å². The van der Waals surface area contributed by atoms with Crippen LogP contribution in [0.3, 0.4) is 0 Å². The molecule has 0 radical (unpaired) electrons. The van der Waals surface area contributed by atoms with Gasteiger partial charge in [-0.25, -0.2) is 0 Å². The molecule has 1 aromatic heterocycles. The molecule has 0 amide bonds. The second-order valence-electron chi connectivity index (χ2n) is 6.96. The fourth-order valence-electron chi connectivity index (χ4n) is 3.40. The summed E-state index contributed by atoms with van der Waals surface area (Å²) in [5.41, 5.74) is 4.70. The number of para-hydroxylation sites is 1. The minimum absolute atomic E-state index is 0.491. The molecule has 1 heterocycles. The van der Waals surface area contributed by atoms with Crippen molar-refractivity contribution >= 4 is 38.4 Å². The fraction of sp³-hybridized carbons (Fsp3) is 0.167. The number of hydrogen-bond donors (Lipinski definition) is 2. The third-order valence-electron chi connectivity index (χ3n) is 4.87. The predicted molar refractivity (Wildman–Crippen MR) is 124 cm³/mol. The molecule has 29 heavy (non-hydrogen) atoms. The molecule has 0 aliphatic rings. The molecule has 2 N–H and O–H groups in total. The van der Waals surface area contributed by atoms with E-state index in [2.05, 4.69) is 62.8 Å². The fourth-order valence-corrected chi connectivity index (χ4v) is 4.02. The van der Waals surface area contributed by atoms with Crippen LogP contribution in [0.15, 0.2) is 77.4 Å². The van der Waals surface area contributed by atoms with Gasteiger partial charge in [-0.05, 0) is 60.5 Å². The number of benzene rings is 3. The van der Waals surface area contributed by atoms with Crippen LogP contribution in [0.1, 0.15) is 16.7 Å². The van der Waals surface area contributed by atoms with Gasteiger partial charge in [0, 0.05) is 38.7 Å². The van der Waals surface area contributed by atoms with Crippen molar-refractivity contribution in [2.24, 2.45) is 0 Å². The van der Waals surface area contributed by atoms with E-state index in [1.165, 1.54) is 16.5 Å². The van der Waals surface area contributed by atoms with Crippen molar-refractivity contribution in [1.29, 1.82) is 0 Å². The van der Waals surface area contributed by atoms with Crippen LogP contribution < -0.4 is 10.1 Å². The van der Waals surface area contributed by atoms with Crippen LogP contribution in [0.25, 0.3) is 10.9 Å². The Morgan fingerprint density at radius 1 is 0.966 bits per heavy atom. The van der Waals surface area contributed by atoms with E-state index in [1.54, 1.807) is 0 Å². The second kappa shape index (κ2) is 9.49. The molecule has 5 heteroatoms. The summed E-state index contributed by atoms with van der Waals surface area (Å²) in [5.74, 6) is 0.882. The molecule has 0 atom stereocenters. The van der Waals surface area contributed by atoms with Gasteiger partial charge < -0.3 is 15.0 Å². The zero-order valence-electron chi connectivity index (χ0n) is 15.9. The average Bonchev–Trinajstić information content (AvgIpc) is 3.14. The smallest absolute Gasteiger partial charge is 0.124 e. The molecule has 0 unspecified atom stereocenters. The van der Waals surface area contributed by atoms with Crippen LogP contribution in [-0.2, 0) is 19.6 Å². The highest BCUT2D eigenvalue weighted by Gasteiger charge is 2.07. The summed E-state index contributed by atoms with van der Waals surface area (Å²) in [4.78, 5) is 3.34. The highest BCUT2D eigenvalue weighted by Crippen LogP contribution is 2.25. The molecule has 4 rings (SSSR count). The first kappa shape index (κ1) is 20.0. The molecule has 4 aromatic rings. The lowest BCUT2D eigenvalue weighted by Crippen LogP contribution is -2.17. The first-order valence-electron chi connectivity index (χ1n) is 9.60. The van der Waals surface area contributed by atoms with E-state index in [-0.39, 0.29) is 0 Å². The maximum Gasteiger partial charge on any atom is 0.124 e. The molecular formula is C24H22BrClN2O. The Hall–Kier alpha value is -2.27. The van der Waals surface area contributed by atoms with Gasteiger partial charge >= 0.3 is 0 Å². The van der Waals surface area contributed by atoms with Crippen molar-refractivity contribution in [1.82, 2.24) is 10.3 Å². The van der Waals surface area contributed by atoms with Crippen LogP contribution in [-0.4, -0.2) is 11.5 Å². The normalized spacial score (nSPS) is 11.1. The van der Waals surface area contributed by atoms with Gasteiger partial charge in [0.1, 0.15) is 12.4 Å². The number of fused-ring (bicyclic) bond motifs is 1. The topological polar surface area (TPSA) is 37.0 Å². The number of ether oxygens (including phenoxy) is 1. The first-order valence-corrected chi connectivity index (χ1v) is 10.8. The number of H-pyrrole nitrogens is 1. The third kappa shape index (κ3) is 5.21. The minimum atomic E-state index is 0.491. The highest BCUT2D eigenvalue weighted by atomic mass is 79.9. The Bertz CT molecular complexity index is 1110. The van der Waals surface area contributed by atoms with Crippen molar-refractivity contribution in [2.45, 2.75) is 19.6 Å². The van der Waals surface area contributed by atoms with Crippen molar-refractivity contribution in [2.75, 3.05) is 6.54 Å². The van der Waals surface area contributed by atoms with Crippen molar-refractivity contribution in [3.63, 3.8) is 0 Å². The summed E-state index contributed by atoms with van der Waals surface area (Å²) in [5, 5.41) is 5.56. The molecule has 148 valence electrons. The van der Waals surface area contributed by atoms with E-state index in [0.29, 0.717) is 6.61 Å². The van der Waals surface area contributed by atoms with E-state index < -0.39 is 0 Å². The van der Waals surface area contributed by atoms with Crippen LogP contribution in [0, 0.1) is 0 Å². The molecule has 0 spiro atoms. The van der Waals surface area contributed by atoms with Gasteiger partial charge in [-0.3, -0.25) is 0 Å². The molecular weight excluding hydrogens is 448 g/mol. The monoisotopic (exact) mass is 468 g/mol. The largest absolute Gasteiger partial charge is 0.489 e. The Kier molecular flexibility index (Phi) is 6.55. The Morgan fingerprint density at radius 3 is 2.76 bits per heavy atom. The summed E-state index contributed by atoms with van der Waals surface area (Å²) < 4.78 is 7.11. The Labute approximate surface area is 184 Å². The summed E-state index contributed by atoms with van der Waals surface area (Å²) in [6, 6.07) is 22.3. The van der Waals surface area contributed by atoms with Gasteiger partial charge in [0.15, 0.2) is 0 Å². The lowest BCUT2D eigenvalue weighted by atomic mass is 10.1. The van der Waals surface area contributed by atoms with Gasteiger partial charge in [-0.15, -0.1) is 0 Å². The van der Waals surface area contributed by atoms with Gasteiger partial charge in [-0.1, -0.05) is 57.9 Å². The maximum atomic E-state index is 6.07. The zero-order valence-corrected chi connectivity index (χ0v) is 18.3. The predicted octanol–water partition coefficient (Wildman–Crippen LogP) is 6.50. The number of nitrogens with one attached hydrogen (secondary N) is 2. The minimum Gasteiger partial charge on any atom is -0.489 e. The Balaban J connectivity index is 1.36. The number of aromatic amines is 1. The molecule has 0 aliphatic heterocycles. The van der Waals surface area contributed by atoms with Crippen LogP contribution in [0.2, 0.25) is 5.02 Å². The number of hydrogen-bond acceptors (Lipinski definition) is 2. The molecule has 0 saturated heterocycles. The summed E-state index contributed by atoms with van der Waals surface area (Å²) in [6.45, 7) is 2.12. The standard InChI is InChI=1S/C24H22BrClN2O/c25-20-8-9-24(29-16-17-4-3-5-21(26)12-17)19(13-20)14-27-11-10-18-15-28-23-7-2-1-6-22(18)23/h1-9,12-13,15,27-28H,10-11,14,16H2. The van der Waals surface area contributed by atoms with Gasteiger partial charge in [0.25, 0.3) is 0 Å². The van der Waals surface area contributed by atoms with Gasteiger partial charge in [0.05, 0.1) is 0 Å². The summed E-state index contributed by atoms with van der Waals surface area (Å²) in [7, 11) is 0. The molecule has 3 nitrogen and oxygen atoms in total. The molecule has 3 aromatic carbocycles. The summed E-state index contributed by atoms with van der Waals surface area (Å²) in [6.07, 6.45) is 3.07. The third-order valence-corrected chi connectivity index (χ3v) is 5.60. The van der Waals surface area contributed by atoms with Crippen molar-refractivity contribution in [3.05, 3.63) is 99.1 Å². The summed E-state index contributed by atoms with van der Waals surface area (Å²) >= 11 is 9.63. The van der Waals surface area contributed by atoms with E-state index in [0.717, 1.165) is 45.9 Å². The number of aromatic nitrogens is 1. The van der Waals surface area contributed by atoms with Crippen LogP contribution in [0.4, 0.5) is 0 Å². The zero-order chi connectivity index (χ0) is 20.1.